The van der Waals surface area contributed by atoms with Crippen molar-refractivity contribution in [2.75, 3.05) is 13.2 Å². The molecule has 0 aromatic heterocycles. The molecule has 3 aliphatic rings. The van der Waals surface area contributed by atoms with E-state index >= 15 is 0 Å². The molecule has 2 unspecified atom stereocenters. The molecule has 250 valence electrons. The van der Waals surface area contributed by atoms with Crippen molar-refractivity contribution < 1.29 is 22.8 Å². The van der Waals surface area contributed by atoms with E-state index in [1.54, 1.807) is 0 Å². The summed E-state index contributed by atoms with van der Waals surface area (Å²) in [6.07, 6.45) is 2.67. The van der Waals surface area contributed by atoms with Crippen LogP contribution in [-0.2, 0) is 22.8 Å². The highest BCUT2D eigenvalue weighted by molar-refractivity contribution is 6.99. The van der Waals surface area contributed by atoms with Crippen LogP contribution in [0.5, 0.6) is 0 Å². The van der Waals surface area contributed by atoms with Crippen LogP contribution < -0.4 is 10.4 Å². The molecule has 0 aliphatic carbocycles. The second-order valence-electron chi connectivity index (χ2n) is 17.9. The number of hydrogen-bond acceptors (Lipinski definition) is 5. The summed E-state index contributed by atoms with van der Waals surface area (Å²) >= 11 is 0. The smallest absolute Gasteiger partial charge is 0.349 e. The molecule has 8 heteroatoms. The van der Waals surface area contributed by atoms with Crippen molar-refractivity contribution in [3.05, 3.63) is 60.7 Å². The van der Waals surface area contributed by atoms with Crippen LogP contribution in [0, 0.1) is 0 Å². The van der Waals surface area contributed by atoms with Gasteiger partial charge in [0.15, 0.2) is 0 Å². The van der Waals surface area contributed by atoms with Crippen molar-refractivity contribution in [2.24, 2.45) is 0 Å². The third kappa shape index (κ3) is 6.28. The molecule has 2 aromatic carbocycles. The maximum atomic E-state index is 7.54. The molecule has 5 atom stereocenters. The van der Waals surface area contributed by atoms with Gasteiger partial charge < -0.3 is 22.8 Å². The minimum atomic E-state index is -2.76. The van der Waals surface area contributed by atoms with Gasteiger partial charge in [0, 0.05) is 10.1 Å². The highest BCUT2D eigenvalue weighted by Gasteiger charge is 2.68. The van der Waals surface area contributed by atoms with Gasteiger partial charge in [-0.2, -0.15) is 0 Å². The molecule has 0 saturated carbocycles. The van der Waals surface area contributed by atoms with E-state index in [9.17, 15) is 0 Å². The lowest BCUT2D eigenvalue weighted by Gasteiger charge is -2.55. The summed E-state index contributed by atoms with van der Waals surface area (Å²) < 4.78 is 35.9. The summed E-state index contributed by atoms with van der Waals surface area (Å²) in [4.78, 5) is 0. The van der Waals surface area contributed by atoms with Gasteiger partial charge in [-0.1, -0.05) is 143 Å². The Kier molecular flexibility index (Phi) is 9.46. The van der Waals surface area contributed by atoms with Gasteiger partial charge >= 0.3 is 8.56 Å². The van der Waals surface area contributed by atoms with Gasteiger partial charge in [0.25, 0.3) is 8.32 Å². The number of rotatable bonds is 6. The maximum absolute atomic E-state index is 7.54. The second-order valence-corrected chi connectivity index (χ2v) is 32.3. The van der Waals surface area contributed by atoms with E-state index in [0.717, 1.165) is 19.3 Å². The number of fused-ring (bicyclic) bond motifs is 1. The van der Waals surface area contributed by atoms with Crippen molar-refractivity contribution >= 4 is 35.3 Å². The first-order valence-electron chi connectivity index (χ1n) is 17.2. The molecule has 3 saturated heterocycles. The summed E-state index contributed by atoms with van der Waals surface area (Å²) in [7, 11) is -6.99. The lowest BCUT2D eigenvalue weighted by molar-refractivity contribution is -0.165. The lowest BCUT2D eigenvalue weighted by atomic mass is 9.92. The average Bonchev–Trinajstić information content (AvgIpc) is 3.68. The Morgan fingerprint density at radius 1 is 0.800 bits per heavy atom. The Morgan fingerprint density at radius 3 is 1.78 bits per heavy atom. The Balaban J connectivity index is 1.53. The van der Waals surface area contributed by atoms with Crippen LogP contribution in [0.4, 0.5) is 0 Å². The molecule has 5 rings (SSSR count). The Labute approximate surface area is 277 Å². The molecule has 3 aliphatic heterocycles. The SMILES string of the molecule is CC(C)(C)[Si](OC[C@@H]1O[C@@H]2CO[Si](C(C)(C)C)(C(C)(C)C)O[C@H]2CCCC12OC2[Si](C)(C)C)(c1ccccc1)c1ccccc1. The molecular formula is C37H60O5Si3. The van der Waals surface area contributed by atoms with E-state index < -0.39 is 25.0 Å². The summed E-state index contributed by atoms with van der Waals surface area (Å²) in [5.41, 5.74) is -0.0710. The maximum Gasteiger partial charge on any atom is 0.349 e. The highest BCUT2D eigenvalue weighted by Crippen LogP contribution is 2.56. The summed E-state index contributed by atoms with van der Waals surface area (Å²) in [6, 6.07) is 21.8. The molecule has 0 bridgehead atoms. The Hall–Kier alpha value is -1.11. The monoisotopic (exact) mass is 668 g/mol. The van der Waals surface area contributed by atoms with Gasteiger partial charge in [-0.15, -0.1) is 0 Å². The predicted octanol–water partition coefficient (Wildman–Crippen LogP) is 7.97. The van der Waals surface area contributed by atoms with Crippen molar-refractivity contribution in [3.8, 4) is 0 Å². The van der Waals surface area contributed by atoms with Crippen LogP contribution in [0.15, 0.2) is 60.7 Å². The third-order valence-corrected chi connectivity index (χ3v) is 22.8. The van der Waals surface area contributed by atoms with Gasteiger partial charge in [0.1, 0.15) is 17.8 Å². The van der Waals surface area contributed by atoms with Crippen LogP contribution in [0.1, 0.15) is 81.6 Å². The van der Waals surface area contributed by atoms with Crippen molar-refractivity contribution in [1.29, 1.82) is 0 Å². The summed E-state index contributed by atoms with van der Waals surface area (Å²) in [6.45, 7) is 29.1. The molecule has 3 heterocycles. The normalized spacial score (nSPS) is 29.5. The Morgan fingerprint density at radius 2 is 1.33 bits per heavy atom. The van der Waals surface area contributed by atoms with Crippen LogP contribution in [0.25, 0.3) is 0 Å². The first-order chi connectivity index (χ1) is 20.8. The fourth-order valence-electron chi connectivity index (χ4n) is 8.65. The van der Waals surface area contributed by atoms with E-state index in [0.29, 0.717) is 13.2 Å². The largest absolute Gasteiger partial charge is 0.405 e. The summed E-state index contributed by atoms with van der Waals surface area (Å²) in [5, 5.41) is 2.34. The van der Waals surface area contributed by atoms with Crippen LogP contribution in [0.2, 0.25) is 34.8 Å². The molecule has 0 N–H and O–H groups in total. The van der Waals surface area contributed by atoms with E-state index in [1.165, 1.54) is 10.4 Å². The molecule has 1 spiro atoms. The number of benzene rings is 2. The van der Waals surface area contributed by atoms with Crippen LogP contribution in [0.3, 0.4) is 0 Å². The number of epoxide rings is 1. The minimum Gasteiger partial charge on any atom is -0.405 e. The lowest BCUT2D eigenvalue weighted by Crippen LogP contribution is -2.68. The quantitative estimate of drug-likeness (QED) is 0.231. The van der Waals surface area contributed by atoms with E-state index in [-0.39, 0.29) is 44.8 Å². The van der Waals surface area contributed by atoms with E-state index in [2.05, 4.69) is 143 Å². The van der Waals surface area contributed by atoms with Gasteiger partial charge in [0.05, 0.1) is 33.1 Å². The van der Waals surface area contributed by atoms with Gasteiger partial charge in [-0.3, -0.25) is 0 Å². The predicted molar refractivity (Wildman–Crippen MR) is 193 cm³/mol. The zero-order valence-electron chi connectivity index (χ0n) is 30.2. The molecule has 0 radical (unpaired) electrons. The fourth-order valence-corrected chi connectivity index (χ4v) is 20.6. The molecular weight excluding hydrogens is 609 g/mol. The van der Waals surface area contributed by atoms with E-state index in [4.69, 9.17) is 22.8 Å². The van der Waals surface area contributed by atoms with Gasteiger partial charge in [0.2, 0.25) is 0 Å². The minimum absolute atomic E-state index is 0.0145. The number of hydrogen-bond donors (Lipinski definition) is 0. The van der Waals surface area contributed by atoms with Crippen LogP contribution in [-0.4, -0.2) is 67.8 Å². The molecule has 3 fully saturated rings. The molecule has 0 amide bonds. The first kappa shape index (κ1) is 35.2. The standard InChI is InChI=1S/C37H60O5Si3/c1-34(2,3)44(28-20-15-13-16-21-28,29-22-17-14-18-23-29)38-27-32-37(33(41-37)43(10,11)12)25-19-24-30-31(40-32)26-39-45(42-30,35(4,5)6)36(7,8)9/h13-18,20-23,30-33H,19,24-27H2,1-12H3/t30-,31+,32-,33?,37?/m0/s1. The van der Waals surface area contributed by atoms with Crippen molar-refractivity contribution in [2.45, 2.75) is 146 Å². The van der Waals surface area contributed by atoms with Crippen molar-refractivity contribution in [1.82, 2.24) is 0 Å². The first-order valence-corrected chi connectivity index (χ1v) is 24.5. The topological polar surface area (TPSA) is 49.5 Å². The Bertz CT molecular complexity index is 1240. The molecule has 2 aromatic rings. The van der Waals surface area contributed by atoms with Gasteiger partial charge in [-0.25, -0.2) is 0 Å². The second kappa shape index (κ2) is 12.1. The highest BCUT2D eigenvalue weighted by atomic mass is 28.4. The van der Waals surface area contributed by atoms with E-state index in [1.807, 2.05) is 0 Å². The molecule has 5 nitrogen and oxygen atoms in total. The molecule has 45 heavy (non-hydrogen) atoms. The van der Waals surface area contributed by atoms with Gasteiger partial charge in [-0.05, 0) is 34.7 Å². The van der Waals surface area contributed by atoms with Crippen LogP contribution >= 0.6 is 0 Å². The van der Waals surface area contributed by atoms with Crippen molar-refractivity contribution in [3.63, 3.8) is 0 Å². The zero-order valence-corrected chi connectivity index (χ0v) is 33.2. The number of ether oxygens (including phenoxy) is 2. The fraction of sp³-hybridized carbons (Fsp3) is 0.676. The average molecular weight is 669 g/mol. The summed E-state index contributed by atoms with van der Waals surface area (Å²) in [5.74, 6) is 0. The zero-order chi connectivity index (χ0) is 33.1. The third-order valence-electron chi connectivity index (χ3n) is 10.5.